The predicted octanol–water partition coefficient (Wildman–Crippen LogP) is 0.812. The smallest absolute Gasteiger partial charge is 0.0705 e. The summed E-state index contributed by atoms with van der Waals surface area (Å²) in [5, 5.41) is 3.30. The first-order valence-electron chi connectivity index (χ1n) is 5.64. The second-order valence-electron chi connectivity index (χ2n) is 2.97. The van der Waals surface area contributed by atoms with Crippen molar-refractivity contribution in [3.63, 3.8) is 0 Å². The molecule has 0 bridgehead atoms. The molecular weight excluding hydrogens is 190 g/mol. The van der Waals surface area contributed by atoms with Crippen LogP contribution in [0.3, 0.4) is 0 Å². The molecule has 1 aliphatic rings. The van der Waals surface area contributed by atoms with Crippen LogP contribution < -0.4 is 16.3 Å². The van der Waals surface area contributed by atoms with E-state index >= 15 is 0 Å². The first kappa shape index (κ1) is 14.4. The highest BCUT2D eigenvalue weighted by Crippen LogP contribution is 2.04. The van der Waals surface area contributed by atoms with Gasteiger partial charge in [0.1, 0.15) is 0 Å². The SMILES string of the molecule is CC.CC#CC1CC(NNOCC)CN1. The molecule has 0 radical (unpaired) electrons. The fourth-order valence-corrected chi connectivity index (χ4v) is 1.33. The van der Waals surface area contributed by atoms with E-state index in [0.29, 0.717) is 18.7 Å². The van der Waals surface area contributed by atoms with Gasteiger partial charge in [-0.1, -0.05) is 19.8 Å². The van der Waals surface area contributed by atoms with Crippen LogP contribution in [0.15, 0.2) is 0 Å². The lowest BCUT2D eigenvalue weighted by atomic mass is 10.2. The van der Waals surface area contributed by atoms with Gasteiger partial charge >= 0.3 is 0 Å². The summed E-state index contributed by atoms with van der Waals surface area (Å²) in [6, 6.07) is 0.725. The van der Waals surface area contributed by atoms with Crippen LogP contribution in [-0.4, -0.2) is 25.2 Å². The molecule has 0 amide bonds. The lowest BCUT2D eigenvalue weighted by Crippen LogP contribution is -2.41. The first-order chi connectivity index (χ1) is 7.36. The second-order valence-corrected chi connectivity index (χ2v) is 2.97. The van der Waals surface area contributed by atoms with E-state index in [1.165, 1.54) is 0 Å². The van der Waals surface area contributed by atoms with Crippen molar-refractivity contribution >= 4 is 0 Å². The zero-order valence-electron chi connectivity index (χ0n) is 10.2. The average molecular weight is 213 g/mol. The molecule has 15 heavy (non-hydrogen) atoms. The molecule has 1 rings (SSSR count). The van der Waals surface area contributed by atoms with Crippen molar-refractivity contribution in [2.75, 3.05) is 13.2 Å². The van der Waals surface area contributed by atoms with E-state index in [2.05, 4.69) is 28.2 Å². The standard InChI is InChI=1S/C9H17N3O.C2H6/c1-3-5-8-6-9(7-10-8)11-12-13-4-2;1-2/h8-12H,4,6-7H2,1-2H3;1-2H3. The van der Waals surface area contributed by atoms with Crippen molar-refractivity contribution in [1.82, 2.24) is 16.3 Å². The molecule has 88 valence electrons. The van der Waals surface area contributed by atoms with Crippen LogP contribution in [-0.2, 0) is 4.84 Å². The van der Waals surface area contributed by atoms with Crippen molar-refractivity contribution in [1.29, 1.82) is 0 Å². The first-order valence-corrected chi connectivity index (χ1v) is 5.64. The number of hydrogen-bond donors (Lipinski definition) is 3. The minimum absolute atomic E-state index is 0.325. The van der Waals surface area contributed by atoms with Crippen molar-refractivity contribution in [2.45, 2.75) is 46.2 Å². The molecule has 1 fully saturated rings. The van der Waals surface area contributed by atoms with Crippen LogP contribution in [0.25, 0.3) is 0 Å². The van der Waals surface area contributed by atoms with Gasteiger partial charge in [0, 0.05) is 12.6 Å². The Morgan fingerprint density at radius 2 is 2.20 bits per heavy atom. The van der Waals surface area contributed by atoms with Crippen LogP contribution in [0.1, 0.15) is 34.1 Å². The average Bonchev–Trinajstić information content (AvgIpc) is 2.70. The molecule has 1 heterocycles. The van der Waals surface area contributed by atoms with Gasteiger partial charge in [0.25, 0.3) is 0 Å². The van der Waals surface area contributed by atoms with Crippen molar-refractivity contribution < 1.29 is 4.84 Å². The maximum atomic E-state index is 4.97. The molecular formula is C11H23N3O. The summed E-state index contributed by atoms with van der Waals surface area (Å²) in [5.41, 5.74) is 5.77. The molecule has 0 aromatic heterocycles. The molecule has 2 atom stereocenters. The summed E-state index contributed by atoms with van der Waals surface area (Å²) < 4.78 is 0. The number of rotatable bonds is 4. The Morgan fingerprint density at radius 1 is 1.47 bits per heavy atom. The highest BCUT2D eigenvalue weighted by atomic mass is 16.7. The minimum Gasteiger partial charge on any atom is -0.302 e. The molecule has 0 aliphatic carbocycles. The van der Waals surface area contributed by atoms with E-state index in [9.17, 15) is 0 Å². The summed E-state index contributed by atoms with van der Waals surface area (Å²) in [6.07, 6.45) is 1.01. The topological polar surface area (TPSA) is 45.3 Å². The maximum absolute atomic E-state index is 4.97. The van der Waals surface area contributed by atoms with E-state index in [0.717, 1.165) is 13.0 Å². The van der Waals surface area contributed by atoms with Crippen LogP contribution in [0.4, 0.5) is 0 Å². The van der Waals surface area contributed by atoms with Crippen LogP contribution in [0, 0.1) is 11.8 Å². The Balaban J connectivity index is 0.000000921. The zero-order valence-corrected chi connectivity index (χ0v) is 10.2. The molecule has 0 aromatic rings. The van der Waals surface area contributed by atoms with Gasteiger partial charge in [-0.15, -0.1) is 11.5 Å². The van der Waals surface area contributed by atoms with Gasteiger partial charge in [0.05, 0.1) is 12.6 Å². The third-order valence-corrected chi connectivity index (χ3v) is 1.93. The van der Waals surface area contributed by atoms with Crippen molar-refractivity contribution in [2.24, 2.45) is 0 Å². The quantitative estimate of drug-likeness (QED) is 0.367. The fourth-order valence-electron chi connectivity index (χ4n) is 1.33. The molecule has 0 spiro atoms. The van der Waals surface area contributed by atoms with Gasteiger partial charge in [0.2, 0.25) is 0 Å². The van der Waals surface area contributed by atoms with E-state index in [1.807, 2.05) is 27.7 Å². The third kappa shape index (κ3) is 6.47. The lowest BCUT2D eigenvalue weighted by Gasteiger charge is -2.10. The molecule has 2 unspecified atom stereocenters. The van der Waals surface area contributed by atoms with Crippen molar-refractivity contribution in [3.05, 3.63) is 0 Å². The van der Waals surface area contributed by atoms with Crippen LogP contribution in [0.5, 0.6) is 0 Å². The normalized spacial score (nSPS) is 23.7. The molecule has 4 heteroatoms. The molecule has 1 aliphatic heterocycles. The molecule has 0 saturated carbocycles. The second kappa shape index (κ2) is 9.94. The van der Waals surface area contributed by atoms with E-state index in [1.54, 1.807) is 0 Å². The molecule has 0 aromatic carbocycles. The molecule has 1 saturated heterocycles. The lowest BCUT2D eigenvalue weighted by molar-refractivity contribution is 0.0117. The zero-order chi connectivity index (χ0) is 11.5. The van der Waals surface area contributed by atoms with Crippen molar-refractivity contribution in [3.8, 4) is 11.8 Å². The maximum Gasteiger partial charge on any atom is 0.0705 e. The molecule has 3 N–H and O–H groups in total. The predicted molar refractivity (Wildman–Crippen MR) is 62.9 cm³/mol. The summed E-state index contributed by atoms with van der Waals surface area (Å²) in [7, 11) is 0. The van der Waals surface area contributed by atoms with Gasteiger partial charge in [-0.2, -0.15) is 0 Å². The van der Waals surface area contributed by atoms with Gasteiger partial charge in [-0.3, -0.25) is 4.84 Å². The van der Waals surface area contributed by atoms with E-state index in [4.69, 9.17) is 4.84 Å². The summed E-state index contributed by atoms with van der Waals surface area (Å²) in [6.45, 7) is 9.39. The van der Waals surface area contributed by atoms with Crippen LogP contribution in [0.2, 0.25) is 0 Å². The van der Waals surface area contributed by atoms with E-state index < -0.39 is 0 Å². The van der Waals surface area contributed by atoms with Gasteiger partial charge in [-0.25, -0.2) is 5.43 Å². The highest BCUT2D eigenvalue weighted by molar-refractivity contribution is 5.09. The Hall–Kier alpha value is -0.600. The Morgan fingerprint density at radius 3 is 2.80 bits per heavy atom. The number of hydrogen-bond acceptors (Lipinski definition) is 4. The number of hydrazine groups is 1. The third-order valence-electron chi connectivity index (χ3n) is 1.93. The molecule has 4 nitrogen and oxygen atoms in total. The van der Waals surface area contributed by atoms with E-state index in [-0.39, 0.29) is 0 Å². The Bertz CT molecular complexity index is 198. The number of nitrogens with one attached hydrogen (secondary N) is 3. The summed E-state index contributed by atoms with van der Waals surface area (Å²) in [5.74, 6) is 6.00. The largest absolute Gasteiger partial charge is 0.302 e. The fraction of sp³-hybridized carbons (Fsp3) is 0.818. The summed E-state index contributed by atoms with van der Waals surface area (Å²) >= 11 is 0. The van der Waals surface area contributed by atoms with Crippen LogP contribution >= 0.6 is 0 Å². The summed E-state index contributed by atoms with van der Waals surface area (Å²) in [4.78, 5) is 4.97. The van der Waals surface area contributed by atoms with Gasteiger partial charge in [-0.05, 0) is 20.3 Å². The minimum atomic E-state index is 0.325. The Kier molecular flexibility index (Phi) is 9.54. The highest BCUT2D eigenvalue weighted by Gasteiger charge is 2.21. The monoisotopic (exact) mass is 213 g/mol. The van der Waals surface area contributed by atoms with Gasteiger partial charge < -0.3 is 5.32 Å². The Labute approximate surface area is 93.1 Å². The van der Waals surface area contributed by atoms with Gasteiger partial charge in [0.15, 0.2) is 0 Å².